The van der Waals surface area contributed by atoms with Gasteiger partial charge in [-0.25, -0.2) is 4.79 Å². The summed E-state index contributed by atoms with van der Waals surface area (Å²) in [5, 5.41) is 8.72. The van der Waals surface area contributed by atoms with Gasteiger partial charge < -0.3 is 21.7 Å². The fourth-order valence-electron chi connectivity index (χ4n) is 2.86. The predicted octanol–water partition coefficient (Wildman–Crippen LogP) is 2.56. The molecule has 1 unspecified atom stereocenters. The maximum atomic E-state index is 12.1. The number of urea groups is 1. The highest BCUT2D eigenvalue weighted by atomic mass is 35.5. The third kappa shape index (κ3) is 6.46. The van der Waals surface area contributed by atoms with Gasteiger partial charge in [0, 0.05) is 17.8 Å². The molecule has 128 valence electrons. The summed E-state index contributed by atoms with van der Waals surface area (Å²) >= 11 is 0. The van der Waals surface area contributed by atoms with E-state index in [0.717, 1.165) is 31.6 Å². The Kier molecular flexibility index (Phi) is 7.85. The lowest BCUT2D eigenvalue weighted by Gasteiger charge is -2.27. The van der Waals surface area contributed by atoms with Crippen molar-refractivity contribution in [3.05, 3.63) is 24.3 Å². The number of carbonyl (C=O) groups excluding carboxylic acids is 2. The first kappa shape index (κ1) is 19.3. The Balaban J connectivity index is 0.00000264. The Labute approximate surface area is 143 Å². The molecule has 1 aliphatic heterocycles. The number of piperidine rings is 1. The summed E-state index contributed by atoms with van der Waals surface area (Å²) in [6, 6.07) is 6.30. The molecule has 0 saturated carbocycles. The van der Waals surface area contributed by atoms with Gasteiger partial charge in [-0.15, -0.1) is 12.4 Å². The summed E-state index contributed by atoms with van der Waals surface area (Å²) in [5.74, 6) is 1.04. The van der Waals surface area contributed by atoms with E-state index < -0.39 is 6.03 Å². The highest BCUT2D eigenvalue weighted by Gasteiger charge is 2.21. The molecule has 1 aromatic carbocycles. The molecule has 1 aromatic rings. The van der Waals surface area contributed by atoms with Gasteiger partial charge in [-0.05, 0) is 62.0 Å². The zero-order valence-corrected chi connectivity index (χ0v) is 14.1. The van der Waals surface area contributed by atoms with Gasteiger partial charge in [-0.1, -0.05) is 6.92 Å². The number of benzene rings is 1. The molecule has 1 saturated heterocycles. The van der Waals surface area contributed by atoms with Crippen molar-refractivity contribution < 1.29 is 9.59 Å². The Morgan fingerprint density at radius 3 is 2.22 bits per heavy atom. The summed E-state index contributed by atoms with van der Waals surface area (Å²) < 4.78 is 0. The molecule has 23 heavy (non-hydrogen) atoms. The summed E-state index contributed by atoms with van der Waals surface area (Å²) in [7, 11) is 0. The second-order valence-corrected chi connectivity index (χ2v) is 5.88. The molecular weight excluding hydrogens is 316 g/mol. The smallest absolute Gasteiger partial charge is 0.316 e. The van der Waals surface area contributed by atoms with Crippen molar-refractivity contribution >= 4 is 35.7 Å². The number of halogens is 1. The number of hydrogen-bond acceptors (Lipinski definition) is 3. The molecule has 5 N–H and O–H groups in total. The highest BCUT2D eigenvalue weighted by molar-refractivity contribution is 5.92. The van der Waals surface area contributed by atoms with E-state index in [1.165, 1.54) is 0 Å². The van der Waals surface area contributed by atoms with Gasteiger partial charge in [-0.2, -0.15) is 0 Å². The zero-order chi connectivity index (χ0) is 15.9. The Bertz CT molecular complexity index is 515. The van der Waals surface area contributed by atoms with E-state index in [1.54, 1.807) is 24.3 Å². The van der Waals surface area contributed by atoms with Crippen LogP contribution in [0.2, 0.25) is 0 Å². The van der Waals surface area contributed by atoms with Gasteiger partial charge >= 0.3 is 6.03 Å². The van der Waals surface area contributed by atoms with E-state index >= 15 is 0 Å². The lowest BCUT2D eigenvalue weighted by Crippen LogP contribution is -2.32. The quantitative estimate of drug-likeness (QED) is 0.663. The van der Waals surface area contributed by atoms with E-state index in [4.69, 9.17) is 5.73 Å². The van der Waals surface area contributed by atoms with Crippen LogP contribution in [0.3, 0.4) is 0 Å². The molecule has 0 spiro atoms. The lowest BCUT2D eigenvalue weighted by molar-refractivity contribution is -0.117. The monoisotopic (exact) mass is 340 g/mol. The number of rotatable bonds is 5. The molecule has 7 heteroatoms. The van der Waals surface area contributed by atoms with Crippen LogP contribution in [0.5, 0.6) is 0 Å². The average molecular weight is 341 g/mol. The first-order valence-electron chi connectivity index (χ1n) is 7.71. The molecule has 0 aromatic heterocycles. The first-order valence-corrected chi connectivity index (χ1v) is 7.71. The van der Waals surface area contributed by atoms with Gasteiger partial charge in [0.1, 0.15) is 0 Å². The van der Waals surface area contributed by atoms with Crippen LogP contribution in [0.1, 0.15) is 26.2 Å². The van der Waals surface area contributed by atoms with Crippen LogP contribution >= 0.6 is 12.4 Å². The third-order valence-corrected chi connectivity index (χ3v) is 4.13. The molecule has 1 aliphatic rings. The highest BCUT2D eigenvalue weighted by Crippen LogP contribution is 2.24. The molecule has 1 heterocycles. The van der Waals surface area contributed by atoms with Crippen LogP contribution in [0, 0.1) is 11.8 Å². The van der Waals surface area contributed by atoms with Gasteiger partial charge in [-0.3, -0.25) is 4.79 Å². The molecule has 0 bridgehead atoms. The third-order valence-electron chi connectivity index (χ3n) is 4.13. The first-order chi connectivity index (χ1) is 10.5. The van der Waals surface area contributed by atoms with Crippen LogP contribution in [0.4, 0.5) is 16.2 Å². The Hall–Kier alpha value is -1.79. The van der Waals surface area contributed by atoms with E-state index in [0.29, 0.717) is 23.9 Å². The number of anilines is 2. The Morgan fingerprint density at radius 2 is 1.70 bits per heavy atom. The molecule has 1 fully saturated rings. The van der Waals surface area contributed by atoms with Gasteiger partial charge in [0.25, 0.3) is 0 Å². The zero-order valence-electron chi connectivity index (χ0n) is 13.3. The van der Waals surface area contributed by atoms with Crippen molar-refractivity contribution in [2.24, 2.45) is 17.6 Å². The average Bonchev–Trinajstić information content (AvgIpc) is 2.49. The fourth-order valence-corrected chi connectivity index (χ4v) is 2.86. The SMILES string of the molecule is CC(CC(=O)Nc1ccc(NC(N)=O)cc1)C1CCNCC1.Cl. The van der Waals surface area contributed by atoms with Crippen LogP contribution in [-0.4, -0.2) is 25.0 Å². The van der Waals surface area contributed by atoms with Crippen molar-refractivity contribution in [1.82, 2.24) is 5.32 Å². The normalized spacial score (nSPS) is 16.0. The largest absolute Gasteiger partial charge is 0.351 e. The summed E-state index contributed by atoms with van der Waals surface area (Å²) in [5.41, 5.74) is 6.37. The summed E-state index contributed by atoms with van der Waals surface area (Å²) in [6.45, 7) is 4.24. The van der Waals surface area contributed by atoms with Crippen LogP contribution in [0.15, 0.2) is 24.3 Å². The molecule has 0 radical (unpaired) electrons. The molecule has 6 nitrogen and oxygen atoms in total. The second-order valence-electron chi connectivity index (χ2n) is 5.88. The maximum Gasteiger partial charge on any atom is 0.316 e. The van der Waals surface area contributed by atoms with Crippen LogP contribution < -0.4 is 21.7 Å². The number of amides is 3. The van der Waals surface area contributed by atoms with Crippen molar-refractivity contribution in [3.8, 4) is 0 Å². The van der Waals surface area contributed by atoms with Crippen molar-refractivity contribution in [2.45, 2.75) is 26.2 Å². The van der Waals surface area contributed by atoms with Gasteiger partial charge in [0.05, 0.1) is 0 Å². The fraction of sp³-hybridized carbons (Fsp3) is 0.500. The topological polar surface area (TPSA) is 96.2 Å². The minimum Gasteiger partial charge on any atom is -0.351 e. The Morgan fingerprint density at radius 1 is 1.17 bits per heavy atom. The number of primary amides is 1. The van der Waals surface area contributed by atoms with Gasteiger partial charge in [0.2, 0.25) is 5.91 Å². The summed E-state index contributed by atoms with van der Waals surface area (Å²) in [6.07, 6.45) is 2.82. The van der Waals surface area contributed by atoms with Crippen LogP contribution in [0.25, 0.3) is 0 Å². The number of nitrogens with one attached hydrogen (secondary N) is 3. The predicted molar refractivity (Wildman–Crippen MR) is 94.9 cm³/mol. The molecular formula is C16H25ClN4O2. The van der Waals surface area contributed by atoms with E-state index in [9.17, 15) is 9.59 Å². The molecule has 0 aliphatic carbocycles. The van der Waals surface area contributed by atoms with E-state index in [1.807, 2.05) is 0 Å². The van der Waals surface area contributed by atoms with Crippen molar-refractivity contribution in [3.63, 3.8) is 0 Å². The molecule has 3 amide bonds. The summed E-state index contributed by atoms with van der Waals surface area (Å²) in [4.78, 5) is 22.9. The molecule has 2 rings (SSSR count). The lowest BCUT2D eigenvalue weighted by atomic mass is 9.84. The molecule has 1 atom stereocenters. The minimum absolute atomic E-state index is 0. The number of hydrogen-bond donors (Lipinski definition) is 4. The number of carbonyl (C=O) groups is 2. The maximum absolute atomic E-state index is 12.1. The van der Waals surface area contributed by atoms with Crippen LogP contribution in [-0.2, 0) is 4.79 Å². The number of nitrogens with two attached hydrogens (primary N) is 1. The van der Waals surface area contributed by atoms with Crippen molar-refractivity contribution in [2.75, 3.05) is 23.7 Å². The standard InChI is InChI=1S/C16H24N4O2.ClH/c1-11(12-6-8-18-9-7-12)10-15(21)19-13-2-4-14(5-3-13)20-16(17)22;/h2-5,11-12,18H,6-10H2,1H3,(H,19,21)(H3,17,20,22);1H. The minimum atomic E-state index is -0.604. The van der Waals surface area contributed by atoms with E-state index in [2.05, 4.69) is 22.9 Å². The second kappa shape index (κ2) is 9.37. The van der Waals surface area contributed by atoms with Gasteiger partial charge in [0.15, 0.2) is 0 Å². The van der Waals surface area contributed by atoms with Crippen molar-refractivity contribution in [1.29, 1.82) is 0 Å². The van der Waals surface area contributed by atoms with E-state index in [-0.39, 0.29) is 18.3 Å².